The van der Waals surface area contributed by atoms with Crippen LogP contribution in [0.4, 0.5) is 16.2 Å². The van der Waals surface area contributed by atoms with Crippen molar-refractivity contribution in [2.75, 3.05) is 10.6 Å². The van der Waals surface area contributed by atoms with Gasteiger partial charge >= 0.3 is 6.16 Å². The number of hydroxylamine groups is 2. The maximum Gasteiger partial charge on any atom is 0.558 e. The Balaban J connectivity index is 1.66. The highest BCUT2D eigenvalue weighted by Gasteiger charge is 2.08. The fourth-order valence-electron chi connectivity index (χ4n) is 1.61. The molecule has 136 valence electrons. The maximum absolute atomic E-state index is 11.4. The van der Waals surface area contributed by atoms with E-state index in [1.165, 1.54) is 0 Å². The Hall–Kier alpha value is -3.17. The van der Waals surface area contributed by atoms with Crippen LogP contribution < -0.4 is 21.6 Å². The van der Waals surface area contributed by atoms with Gasteiger partial charge in [0.1, 0.15) is 0 Å². The molecule has 0 radical (unpaired) electrons. The van der Waals surface area contributed by atoms with Gasteiger partial charge in [-0.1, -0.05) is 23.2 Å². The van der Waals surface area contributed by atoms with Crippen LogP contribution in [-0.2, 0) is 9.68 Å². The third kappa shape index (κ3) is 6.75. The molecule has 0 amide bonds. The van der Waals surface area contributed by atoms with Crippen molar-refractivity contribution in [1.82, 2.24) is 11.0 Å². The molecule has 11 heteroatoms. The van der Waals surface area contributed by atoms with Crippen molar-refractivity contribution in [1.29, 1.82) is 10.8 Å². The van der Waals surface area contributed by atoms with Gasteiger partial charge in [-0.2, -0.15) is 15.8 Å². The largest absolute Gasteiger partial charge is 0.558 e. The van der Waals surface area contributed by atoms with Crippen LogP contribution in [0.1, 0.15) is 0 Å². The quantitative estimate of drug-likeness (QED) is 0.260. The van der Waals surface area contributed by atoms with Crippen LogP contribution in [-0.4, -0.2) is 18.1 Å². The highest BCUT2D eigenvalue weighted by atomic mass is 35.5. The molecule has 6 N–H and O–H groups in total. The van der Waals surface area contributed by atoms with E-state index in [0.29, 0.717) is 21.4 Å². The predicted molar refractivity (Wildman–Crippen MR) is 99.4 cm³/mol. The first-order chi connectivity index (χ1) is 12.4. The number of rotatable bonds is 2. The van der Waals surface area contributed by atoms with E-state index in [4.69, 9.17) is 34.0 Å². The van der Waals surface area contributed by atoms with Crippen molar-refractivity contribution in [3.8, 4) is 0 Å². The van der Waals surface area contributed by atoms with Crippen molar-refractivity contribution in [2.24, 2.45) is 0 Å². The molecule has 0 unspecified atom stereocenters. The van der Waals surface area contributed by atoms with E-state index >= 15 is 0 Å². The van der Waals surface area contributed by atoms with Crippen molar-refractivity contribution in [2.45, 2.75) is 0 Å². The molecule has 0 aliphatic carbocycles. The number of hydrogen-bond donors (Lipinski definition) is 6. The second-order valence-electron chi connectivity index (χ2n) is 4.67. The van der Waals surface area contributed by atoms with Gasteiger partial charge in [0.05, 0.1) is 0 Å². The summed E-state index contributed by atoms with van der Waals surface area (Å²) in [4.78, 5) is 20.4. The first-order valence-corrected chi connectivity index (χ1v) is 7.80. The number of guanidine groups is 2. The lowest BCUT2D eigenvalue weighted by Gasteiger charge is -2.11. The number of carbonyl (C=O) groups is 1. The molecular weight excluding hydrogens is 383 g/mol. The molecule has 2 aromatic carbocycles. The molecule has 0 aliphatic heterocycles. The minimum Gasteiger partial charge on any atom is -0.324 e. The Morgan fingerprint density at radius 2 is 1.08 bits per heavy atom. The maximum atomic E-state index is 11.4. The number of carbonyl (C=O) groups excluding carboxylic acids is 1. The van der Waals surface area contributed by atoms with E-state index < -0.39 is 6.16 Å². The topological polar surface area (TPSA) is 131 Å². The standard InChI is InChI=1S/C15H14Cl2N6O3/c16-9-1-5-11(6-2-9)20-13(18)22-25-15(24)26-23-14(19)21-12-7-3-10(17)4-8-12/h1-8H,(H3,18,20,22)(H3,19,21,23). The molecule has 0 saturated carbocycles. The first-order valence-electron chi connectivity index (χ1n) is 7.04. The van der Waals surface area contributed by atoms with Crippen LogP contribution in [0.25, 0.3) is 0 Å². The van der Waals surface area contributed by atoms with E-state index in [1.54, 1.807) is 48.5 Å². The Kier molecular flexibility index (Phi) is 6.89. The molecule has 2 rings (SSSR count). The second kappa shape index (κ2) is 9.35. The molecule has 0 atom stereocenters. The summed E-state index contributed by atoms with van der Waals surface area (Å²) in [6, 6.07) is 13.1. The van der Waals surface area contributed by atoms with Gasteiger partial charge in [0.25, 0.3) is 0 Å². The lowest BCUT2D eigenvalue weighted by atomic mass is 10.3. The molecular formula is C15H14Cl2N6O3. The SMILES string of the molecule is N=C(NOC(=O)ONC(=N)Nc1ccc(Cl)cc1)Nc1ccc(Cl)cc1. The molecule has 0 bridgehead atoms. The Morgan fingerprint density at radius 3 is 1.42 bits per heavy atom. The molecule has 0 spiro atoms. The van der Waals surface area contributed by atoms with Crippen molar-refractivity contribution in [3.05, 3.63) is 58.6 Å². The summed E-state index contributed by atoms with van der Waals surface area (Å²) in [6.45, 7) is 0. The van der Waals surface area contributed by atoms with Gasteiger partial charge in [-0.3, -0.25) is 10.8 Å². The summed E-state index contributed by atoms with van der Waals surface area (Å²) in [5, 5.41) is 21.5. The van der Waals surface area contributed by atoms with Crippen molar-refractivity contribution in [3.63, 3.8) is 0 Å². The van der Waals surface area contributed by atoms with E-state index in [-0.39, 0.29) is 11.9 Å². The van der Waals surface area contributed by atoms with E-state index in [2.05, 4.69) is 20.3 Å². The molecule has 26 heavy (non-hydrogen) atoms. The Labute approximate surface area is 158 Å². The molecule has 2 aromatic rings. The number of benzene rings is 2. The summed E-state index contributed by atoms with van der Waals surface area (Å²) in [7, 11) is 0. The van der Waals surface area contributed by atoms with Crippen LogP contribution in [0, 0.1) is 10.8 Å². The van der Waals surface area contributed by atoms with Gasteiger partial charge in [-0.15, -0.1) is 0 Å². The highest BCUT2D eigenvalue weighted by molar-refractivity contribution is 6.30. The fourth-order valence-corrected chi connectivity index (χ4v) is 1.86. The summed E-state index contributed by atoms with van der Waals surface area (Å²) in [5.41, 5.74) is 5.22. The third-order valence-corrected chi connectivity index (χ3v) is 3.20. The Bertz CT molecular complexity index is 717. The molecule has 0 heterocycles. The normalized spacial score (nSPS) is 9.62. The number of anilines is 2. The zero-order valence-electron chi connectivity index (χ0n) is 13.1. The van der Waals surface area contributed by atoms with Crippen LogP contribution >= 0.6 is 23.2 Å². The number of hydrogen-bond acceptors (Lipinski definition) is 5. The van der Waals surface area contributed by atoms with Crippen LogP contribution in [0.5, 0.6) is 0 Å². The number of halogens is 2. The first kappa shape index (κ1) is 19.2. The summed E-state index contributed by atoms with van der Waals surface area (Å²) < 4.78 is 0. The van der Waals surface area contributed by atoms with E-state index in [0.717, 1.165) is 0 Å². The molecule has 0 fully saturated rings. The zero-order chi connectivity index (χ0) is 18.9. The van der Waals surface area contributed by atoms with Gasteiger partial charge in [0, 0.05) is 21.4 Å². The minimum absolute atomic E-state index is 0.307. The van der Waals surface area contributed by atoms with Crippen molar-refractivity contribution >= 4 is 52.7 Å². The molecule has 0 aromatic heterocycles. The lowest BCUT2D eigenvalue weighted by Crippen LogP contribution is -2.36. The van der Waals surface area contributed by atoms with Crippen LogP contribution in [0.15, 0.2) is 48.5 Å². The Morgan fingerprint density at radius 1 is 0.731 bits per heavy atom. The van der Waals surface area contributed by atoms with Crippen molar-refractivity contribution < 1.29 is 14.5 Å². The van der Waals surface area contributed by atoms with Gasteiger partial charge in [-0.25, -0.2) is 0 Å². The smallest absolute Gasteiger partial charge is 0.324 e. The van der Waals surface area contributed by atoms with E-state index in [9.17, 15) is 4.79 Å². The van der Waals surface area contributed by atoms with E-state index in [1.807, 2.05) is 11.0 Å². The molecule has 0 aliphatic rings. The summed E-state index contributed by atoms with van der Waals surface area (Å²) in [5.74, 6) is -0.614. The van der Waals surface area contributed by atoms with Gasteiger partial charge < -0.3 is 20.3 Å². The average Bonchev–Trinajstić information content (AvgIpc) is 2.62. The van der Waals surface area contributed by atoms with Gasteiger partial charge in [0.2, 0.25) is 11.9 Å². The highest BCUT2D eigenvalue weighted by Crippen LogP contribution is 2.13. The zero-order valence-corrected chi connectivity index (χ0v) is 14.6. The molecule has 0 saturated heterocycles. The summed E-state index contributed by atoms with van der Waals surface area (Å²) >= 11 is 11.5. The minimum atomic E-state index is -1.20. The van der Waals surface area contributed by atoms with Gasteiger partial charge in [0.15, 0.2) is 0 Å². The monoisotopic (exact) mass is 396 g/mol. The second-order valence-corrected chi connectivity index (χ2v) is 5.54. The lowest BCUT2D eigenvalue weighted by molar-refractivity contribution is 0.0180. The average molecular weight is 397 g/mol. The van der Waals surface area contributed by atoms with Gasteiger partial charge in [-0.05, 0) is 48.5 Å². The summed E-state index contributed by atoms with van der Waals surface area (Å²) in [6.07, 6.45) is -1.20. The molecule has 9 nitrogen and oxygen atoms in total. The van der Waals surface area contributed by atoms with Crippen LogP contribution in [0.2, 0.25) is 10.0 Å². The fraction of sp³-hybridized carbons (Fsp3) is 0. The van der Waals surface area contributed by atoms with Crippen LogP contribution in [0.3, 0.4) is 0 Å². The number of nitrogens with one attached hydrogen (secondary N) is 6. The predicted octanol–water partition coefficient (Wildman–Crippen LogP) is 3.55. The third-order valence-electron chi connectivity index (χ3n) is 2.70.